The van der Waals surface area contributed by atoms with Gasteiger partial charge in [0.2, 0.25) is 0 Å². The molecule has 6 heteroatoms. The van der Waals surface area contributed by atoms with Crippen LogP contribution < -0.4 is 10.6 Å². The number of aryl methyl sites for hydroxylation is 1. The van der Waals surface area contributed by atoms with Gasteiger partial charge in [-0.1, -0.05) is 0 Å². The van der Waals surface area contributed by atoms with E-state index in [0.717, 1.165) is 46.3 Å². The second kappa shape index (κ2) is 7.31. The largest absolute Gasteiger partial charge is 0.383 e. The Hall–Kier alpha value is -3.02. The van der Waals surface area contributed by atoms with Gasteiger partial charge in [0.25, 0.3) is 0 Å². The molecule has 4 N–H and O–H groups in total. The number of nitrogens with one attached hydrogen (secondary N) is 4. The van der Waals surface area contributed by atoms with Crippen LogP contribution in [0, 0.1) is 0 Å². The molecule has 140 valence electrons. The number of fused-ring (bicyclic) bond motifs is 2. The van der Waals surface area contributed by atoms with Crippen LogP contribution in [0.4, 0.5) is 11.4 Å². The summed E-state index contributed by atoms with van der Waals surface area (Å²) in [4.78, 5) is 0. The average Bonchev–Trinajstić information content (AvgIpc) is 3.25. The molecule has 0 amide bonds. The summed E-state index contributed by atoms with van der Waals surface area (Å²) in [5.41, 5.74) is 5.52. The summed E-state index contributed by atoms with van der Waals surface area (Å²) >= 11 is 0. The van der Waals surface area contributed by atoms with Crippen LogP contribution in [0.3, 0.4) is 0 Å². The first-order valence-electron chi connectivity index (χ1n) is 9.51. The van der Waals surface area contributed by atoms with Crippen molar-refractivity contribution in [1.82, 2.24) is 20.4 Å². The Morgan fingerprint density at radius 3 is 2.52 bits per heavy atom. The lowest BCUT2D eigenvalue weighted by atomic mass is 10.1. The molecule has 0 radical (unpaired) electrons. The van der Waals surface area contributed by atoms with E-state index < -0.39 is 0 Å². The highest BCUT2D eigenvalue weighted by atomic mass is 15.1. The van der Waals surface area contributed by atoms with Gasteiger partial charge in [-0.2, -0.15) is 10.2 Å². The second-order valence-electron chi connectivity index (χ2n) is 7.49. The zero-order valence-corrected chi connectivity index (χ0v) is 16.0. The van der Waals surface area contributed by atoms with E-state index in [1.54, 1.807) is 0 Å². The predicted octanol–water partition coefficient (Wildman–Crippen LogP) is 4.69. The van der Waals surface area contributed by atoms with Crippen molar-refractivity contribution in [1.29, 1.82) is 0 Å². The molecule has 2 aromatic carbocycles. The van der Waals surface area contributed by atoms with E-state index in [1.165, 1.54) is 5.39 Å². The number of rotatable bonds is 7. The molecule has 27 heavy (non-hydrogen) atoms. The van der Waals surface area contributed by atoms with E-state index >= 15 is 0 Å². The Kier molecular flexibility index (Phi) is 4.71. The zero-order valence-electron chi connectivity index (χ0n) is 16.0. The number of aromatic nitrogens is 4. The van der Waals surface area contributed by atoms with Crippen molar-refractivity contribution in [2.75, 3.05) is 10.6 Å². The molecular weight excluding hydrogens is 336 g/mol. The molecular formula is C21H26N6. The van der Waals surface area contributed by atoms with Crippen LogP contribution in [0.25, 0.3) is 21.8 Å². The standard InChI is InChI=1S/C21H26N6/c1-13(2)23-17-6-9-21-18(11-17)20(26-27-21)7-4-14(3)24-16-5-8-19-15(10-16)12-22-25-19/h5-6,8-14,23-24H,4,7H2,1-3H3,(H,22,25)(H,26,27). The zero-order chi connectivity index (χ0) is 18.8. The molecule has 0 aliphatic rings. The molecule has 6 nitrogen and oxygen atoms in total. The van der Waals surface area contributed by atoms with Gasteiger partial charge in [-0.15, -0.1) is 0 Å². The van der Waals surface area contributed by atoms with Gasteiger partial charge >= 0.3 is 0 Å². The summed E-state index contributed by atoms with van der Waals surface area (Å²) in [6.45, 7) is 6.50. The quantitative estimate of drug-likeness (QED) is 0.384. The fraction of sp³-hybridized carbons (Fsp3) is 0.333. The molecule has 0 aliphatic carbocycles. The molecule has 1 atom stereocenters. The highest BCUT2D eigenvalue weighted by molar-refractivity contribution is 5.85. The van der Waals surface area contributed by atoms with E-state index in [4.69, 9.17) is 0 Å². The van der Waals surface area contributed by atoms with Crippen molar-refractivity contribution in [3.63, 3.8) is 0 Å². The highest BCUT2D eigenvalue weighted by Crippen LogP contribution is 2.23. The summed E-state index contributed by atoms with van der Waals surface area (Å²) in [7, 11) is 0. The minimum atomic E-state index is 0.345. The van der Waals surface area contributed by atoms with Crippen LogP contribution in [-0.2, 0) is 6.42 Å². The van der Waals surface area contributed by atoms with Crippen molar-refractivity contribution in [3.05, 3.63) is 48.3 Å². The first kappa shape index (κ1) is 17.4. The molecule has 0 aliphatic heterocycles. The van der Waals surface area contributed by atoms with Crippen molar-refractivity contribution >= 4 is 33.2 Å². The average molecular weight is 362 g/mol. The topological polar surface area (TPSA) is 81.4 Å². The monoisotopic (exact) mass is 362 g/mol. The SMILES string of the molecule is CC(C)Nc1ccc2[nH]nc(CCC(C)Nc3ccc4[nH]ncc4c3)c2c1. The fourth-order valence-corrected chi connectivity index (χ4v) is 3.42. The van der Waals surface area contributed by atoms with Crippen LogP contribution in [0.1, 0.15) is 32.9 Å². The van der Waals surface area contributed by atoms with Gasteiger partial charge in [0.15, 0.2) is 0 Å². The van der Waals surface area contributed by atoms with E-state index in [2.05, 4.69) is 88.2 Å². The van der Waals surface area contributed by atoms with Crippen LogP contribution >= 0.6 is 0 Å². The molecule has 0 spiro atoms. The Morgan fingerprint density at radius 2 is 1.70 bits per heavy atom. The second-order valence-corrected chi connectivity index (χ2v) is 7.49. The van der Waals surface area contributed by atoms with Crippen molar-refractivity contribution in [3.8, 4) is 0 Å². The van der Waals surface area contributed by atoms with Crippen LogP contribution in [0.15, 0.2) is 42.6 Å². The van der Waals surface area contributed by atoms with Gasteiger partial charge < -0.3 is 10.6 Å². The van der Waals surface area contributed by atoms with Gasteiger partial charge in [-0.05, 0) is 70.0 Å². The minimum Gasteiger partial charge on any atom is -0.383 e. The van der Waals surface area contributed by atoms with Gasteiger partial charge in [-0.3, -0.25) is 10.2 Å². The molecule has 1 unspecified atom stereocenters. The lowest BCUT2D eigenvalue weighted by molar-refractivity contribution is 0.696. The summed E-state index contributed by atoms with van der Waals surface area (Å²) in [6, 6.07) is 13.4. The predicted molar refractivity (Wildman–Crippen MR) is 112 cm³/mol. The summed E-state index contributed by atoms with van der Waals surface area (Å²) in [6.07, 6.45) is 3.78. The number of aromatic amines is 2. The lowest BCUT2D eigenvalue weighted by Gasteiger charge is -2.15. The third-order valence-corrected chi connectivity index (χ3v) is 4.76. The molecule has 4 rings (SSSR count). The maximum Gasteiger partial charge on any atom is 0.0702 e. The normalized spacial score (nSPS) is 12.7. The number of H-pyrrole nitrogens is 2. The van der Waals surface area contributed by atoms with Crippen LogP contribution in [-0.4, -0.2) is 32.5 Å². The smallest absolute Gasteiger partial charge is 0.0702 e. The molecule has 2 heterocycles. The number of hydrogen-bond donors (Lipinski definition) is 4. The highest BCUT2D eigenvalue weighted by Gasteiger charge is 2.10. The maximum absolute atomic E-state index is 4.54. The van der Waals surface area contributed by atoms with Crippen molar-refractivity contribution < 1.29 is 0 Å². The van der Waals surface area contributed by atoms with Gasteiger partial charge in [-0.25, -0.2) is 0 Å². The number of hydrogen-bond acceptors (Lipinski definition) is 4. The summed E-state index contributed by atoms with van der Waals surface area (Å²) < 4.78 is 0. The molecule has 0 saturated heterocycles. The Balaban J connectivity index is 1.42. The Bertz CT molecular complexity index is 1050. The first-order chi connectivity index (χ1) is 13.1. The van der Waals surface area contributed by atoms with E-state index in [-0.39, 0.29) is 0 Å². The summed E-state index contributed by atoms with van der Waals surface area (Å²) in [5.74, 6) is 0. The van der Waals surface area contributed by atoms with Crippen LogP contribution in [0.2, 0.25) is 0 Å². The van der Waals surface area contributed by atoms with E-state index in [1.807, 2.05) is 6.20 Å². The third kappa shape index (κ3) is 3.89. The van der Waals surface area contributed by atoms with Gasteiger partial charge in [0.1, 0.15) is 0 Å². The Labute approximate surface area is 158 Å². The third-order valence-electron chi connectivity index (χ3n) is 4.76. The molecule has 0 bridgehead atoms. The van der Waals surface area contributed by atoms with Gasteiger partial charge in [0, 0.05) is 34.2 Å². The van der Waals surface area contributed by atoms with E-state index in [0.29, 0.717) is 12.1 Å². The minimum absolute atomic E-state index is 0.345. The van der Waals surface area contributed by atoms with Crippen molar-refractivity contribution in [2.45, 2.75) is 45.7 Å². The number of anilines is 2. The molecule has 2 aromatic heterocycles. The Morgan fingerprint density at radius 1 is 0.926 bits per heavy atom. The molecule has 0 saturated carbocycles. The maximum atomic E-state index is 4.54. The number of nitrogens with zero attached hydrogens (tertiary/aromatic N) is 2. The van der Waals surface area contributed by atoms with Gasteiger partial charge in [0.05, 0.1) is 22.9 Å². The first-order valence-corrected chi connectivity index (χ1v) is 9.51. The van der Waals surface area contributed by atoms with Crippen molar-refractivity contribution in [2.24, 2.45) is 0 Å². The van der Waals surface area contributed by atoms with Crippen LogP contribution in [0.5, 0.6) is 0 Å². The number of benzene rings is 2. The molecule has 0 fully saturated rings. The lowest BCUT2D eigenvalue weighted by Crippen LogP contribution is -2.16. The summed E-state index contributed by atoms with van der Waals surface area (Å²) in [5, 5.41) is 24.1. The fourth-order valence-electron chi connectivity index (χ4n) is 3.42. The van der Waals surface area contributed by atoms with E-state index in [9.17, 15) is 0 Å². The molecule has 4 aromatic rings.